The maximum absolute atomic E-state index is 12.4. The van der Waals surface area contributed by atoms with E-state index in [1.54, 1.807) is 0 Å². The van der Waals surface area contributed by atoms with Crippen LogP contribution >= 0.6 is 22.6 Å². The third-order valence-electron chi connectivity index (χ3n) is 3.86. The summed E-state index contributed by atoms with van der Waals surface area (Å²) >= 11 is 2.27. The van der Waals surface area contributed by atoms with Crippen molar-refractivity contribution in [1.29, 1.82) is 0 Å². The minimum absolute atomic E-state index is 0.272. The fraction of sp³-hybridized carbons (Fsp3) is 0.533. The first-order valence-electron chi connectivity index (χ1n) is 6.50. The minimum atomic E-state index is 0.272. The standard InChI is InChI=1S/C15H19IO/c1-2-11-4-3-5-13(10-11)15(17)12-6-8-14(16)9-7-12/h6-9,11,13H,2-5,10H2,1H3. The Morgan fingerprint density at radius 3 is 2.65 bits per heavy atom. The van der Waals surface area contributed by atoms with E-state index in [0.717, 1.165) is 24.3 Å². The molecule has 1 aromatic rings. The Labute approximate surface area is 117 Å². The Morgan fingerprint density at radius 2 is 2.00 bits per heavy atom. The van der Waals surface area contributed by atoms with E-state index < -0.39 is 0 Å². The third-order valence-corrected chi connectivity index (χ3v) is 4.58. The first-order chi connectivity index (χ1) is 8.20. The Kier molecular flexibility index (Phi) is 4.60. The van der Waals surface area contributed by atoms with Gasteiger partial charge in [-0.2, -0.15) is 0 Å². The summed E-state index contributed by atoms with van der Waals surface area (Å²) in [7, 11) is 0. The number of halogens is 1. The van der Waals surface area contributed by atoms with Crippen LogP contribution in [0.15, 0.2) is 24.3 Å². The molecule has 17 heavy (non-hydrogen) atoms. The molecule has 0 amide bonds. The highest BCUT2D eigenvalue weighted by Crippen LogP contribution is 2.33. The molecule has 92 valence electrons. The lowest BCUT2D eigenvalue weighted by molar-refractivity contribution is 0.0862. The van der Waals surface area contributed by atoms with Crippen molar-refractivity contribution >= 4 is 28.4 Å². The second-order valence-corrected chi connectivity index (χ2v) is 6.25. The van der Waals surface area contributed by atoms with E-state index >= 15 is 0 Å². The zero-order chi connectivity index (χ0) is 12.3. The number of benzene rings is 1. The summed E-state index contributed by atoms with van der Waals surface area (Å²) in [5.41, 5.74) is 0.896. The SMILES string of the molecule is CCC1CCCC(C(=O)c2ccc(I)cc2)C1. The number of hydrogen-bond acceptors (Lipinski definition) is 1. The van der Waals surface area contributed by atoms with Gasteiger partial charge in [0.05, 0.1) is 0 Å². The van der Waals surface area contributed by atoms with Crippen molar-refractivity contribution in [2.24, 2.45) is 11.8 Å². The monoisotopic (exact) mass is 342 g/mol. The molecule has 1 aliphatic rings. The minimum Gasteiger partial charge on any atom is -0.294 e. The third kappa shape index (κ3) is 3.30. The maximum Gasteiger partial charge on any atom is 0.165 e. The van der Waals surface area contributed by atoms with Crippen LogP contribution in [0.25, 0.3) is 0 Å². The van der Waals surface area contributed by atoms with Gasteiger partial charge in [0, 0.05) is 15.1 Å². The van der Waals surface area contributed by atoms with Crippen molar-refractivity contribution in [2.45, 2.75) is 39.0 Å². The summed E-state index contributed by atoms with van der Waals surface area (Å²) in [4.78, 5) is 12.4. The van der Waals surface area contributed by atoms with Crippen molar-refractivity contribution < 1.29 is 4.79 Å². The van der Waals surface area contributed by atoms with E-state index in [1.165, 1.54) is 22.8 Å². The number of Topliss-reactive ketones (excluding diaryl/α,β-unsaturated/α-hetero) is 1. The van der Waals surface area contributed by atoms with E-state index in [1.807, 2.05) is 24.3 Å². The van der Waals surface area contributed by atoms with E-state index in [0.29, 0.717) is 5.78 Å². The highest BCUT2D eigenvalue weighted by atomic mass is 127. The Morgan fingerprint density at radius 1 is 1.29 bits per heavy atom. The molecule has 0 aromatic heterocycles. The smallest absolute Gasteiger partial charge is 0.165 e. The average molecular weight is 342 g/mol. The van der Waals surface area contributed by atoms with Crippen LogP contribution in [-0.2, 0) is 0 Å². The van der Waals surface area contributed by atoms with Crippen LogP contribution in [0, 0.1) is 15.4 Å². The van der Waals surface area contributed by atoms with Gasteiger partial charge in [0.25, 0.3) is 0 Å². The maximum atomic E-state index is 12.4. The second kappa shape index (κ2) is 5.98. The van der Waals surface area contributed by atoms with Gasteiger partial charge in [-0.05, 0) is 53.5 Å². The lowest BCUT2D eigenvalue weighted by atomic mass is 9.77. The van der Waals surface area contributed by atoms with Gasteiger partial charge in [0.15, 0.2) is 5.78 Å². The lowest BCUT2D eigenvalue weighted by Gasteiger charge is -2.27. The Bertz CT molecular complexity index is 382. The molecule has 1 aromatic carbocycles. The van der Waals surface area contributed by atoms with Crippen LogP contribution in [0.2, 0.25) is 0 Å². The van der Waals surface area contributed by atoms with Gasteiger partial charge in [-0.1, -0.05) is 38.3 Å². The molecular weight excluding hydrogens is 323 g/mol. The number of hydrogen-bond donors (Lipinski definition) is 0. The van der Waals surface area contributed by atoms with Gasteiger partial charge in [-0.25, -0.2) is 0 Å². The largest absolute Gasteiger partial charge is 0.294 e. The molecule has 0 heterocycles. The predicted molar refractivity (Wildman–Crippen MR) is 79.2 cm³/mol. The van der Waals surface area contributed by atoms with Gasteiger partial charge in [0.1, 0.15) is 0 Å². The fourth-order valence-corrected chi connectivity index (χ4v) is 3.11. The van der Waals surface area contributed by atoms with Gasteiger partial charge in [-0.15, -0.1) is 0 Å². The molecule has 1 saturated carbocycles. The van der Waals surface area contributed by atoms with Crippen LogP contribution in [0.3, 0.4) is 0 Å². The number of carbonyl (C=O) groups is 1. The Hall–Kier alpha value is -0.380. The summed E-state index contributed by atoms with van der Waals surface area (Å²) in [6, 6.07) is 7.99. The van der Waals surface area contributed by atoms with Crippen molar-refractivity contribution in [2.75, 3.05) is 0 Å². The van der Waals surface area contributed by atoms with Crippen molar-refractivity contribution in [3.8, 4) is 0 Å². The van der Waals surface area contributed by atoms with Gasteiger partial charge < -0.3 is 0 Å². The number of ketones is 1. The molecule has 1 fully saturated rings. The molecule has 1 aliphatic carbocycles. The first kappa shape index (κ1) is 13.1. The summed E-state index contributed by atoms with van der Waals surface area (Å²) in [6.07, 6.45) is 5.94. The van der Waals surface area contributed by atoms with Crippen LogP contribution in [0.4, 0.5) is 0 Å². The van der Waals surface area contributed by atoms with Crippen LogP contribution < -0.4 is 0 Å². The molecule has 0 N–H and O–H groups in total. The van der Waals surface area contributed by atoms with Crippen LogP contribution in [-0.4, -0.2) is 5.78 Å². The van der Waals surface area contributed by atoms with Gasteiger partial charge in [0.2, 0.25) is 0 Å². The molecular formula is C15H19IO. The molecule has 0 bridgehead atoms. The van der Waals surface area contributed by atoms with Crippen molar-refractivity contribution in [3.63, 3.8) is 0 Å². The van der Waals surface area contributed by atoms with Crippen molar-refractivity contribution in [1.82, 2.24) is 0 Å². The zero-order valence-electron chi connectivity index (χ0n) is 10.3. The molecule has 2 unspecified atom stereocenters. The van der Waals surface area contributed by atoms with Gasteiger partial charge in [-0.3, -0.25) is 4.79 Å². The quantitative estimate of drug-likeness (QED) is 0.575. The summed E-state index contributed by atoms with van der Waals surface area (Å²) in [6.45, 7) is 2.24. The summed E-state index contributed by atoms with van der Waals surface area (Å²) in [5.74, 6) is 1.40. The van der Waals surface area contributed by atoms with Gasteiger partial charge >= 0.3 is 0 Å². The molecule has 2 atom stereocenters. The molecule has 0 spiro atoms. The van der Waals surface area contributed by atoms with E-state index in [4.69, 9.17) is 0 Å². The van der Waals surface area contributed by atoms with Crippen LogP contribution in [0.1, 0.15) is 49.4 Å². The normalized spacial score (nSPS) is 24.6. The fourth-order valence-electron chi connectivity index (χ4n) is 2.75. The number of rotatable bonds is 3. The van der Waals surface area contributed by atoms with E-state index in [-0.39, 0.29) is 5.92 Å². The van der Waals surface area contributed by atoms with Crippen molar-refractivity contribution in [3.05, 3.63) is 33.4 Å². The predicted octanol–water partition coefficient (Wildman–Crippen LogP) is 4.69. The molecule has 0 aliphatic heterocycles. The highest BCUT2D eigenvalue weighted by Gasteiger charge is 2.26. The Balaban J connectivity index is 2.06. The highest BCUT2D eigenvalue weighted by molar-refractivity contribution is 14.1. The molecule has 0 saturated heterocycles. The summed E-state index contributed by atoms with van der Waals surface area (Å²) < 4.78 is 1.19. The molecule has 2 heteroatoms. The lowest BCUT2D eigenvalue weighted by Crippen LogP contribution is -2.22. The number of carbonyl (C=O) groups excluding carboxylic acids is 1. The summed E-state index contributed by atoms with van der Waals surface area (Å²) in [5, 5.41) is 0. The molecule has 0 radical (unpaired) electrons. The van der Waals surface area contributed by atoms with E-state index in [2.05, 4.69) is 29.5 Å². The average Bonchev–Trinajstić information content (AvgIpc) is 2.39. The van der Waals surface area contributed by atoms with Crippen LogP contribution in [0.5, 0.6) is 0 Å². The molecule has 2 rings (SSSR count). The van der Waals surface area contributed by atoms with E-state index in [9.17, 15) is 4.79 Å². The zero-order valence-corrected chi connectivity index (χ0v) is 12.4. The molecule has 1 nitrogen and oxygen atoms in total. The first-order valence-corrected chi connectivity index (χ1v) is 7.58. The second-order valence-electron chi connectivity index (χ2n) is 5.01. The topological polar surface area (TPSA) is 17.1 Å².